The number of nitrogens with two attached hydrogens (primary N) is 1. The molecule has 0 aromatic carbocycles. The molecule has 5 heteroatoms. The second kappa shape index (κ2) is 5.37. The van der Waals surface area contributed by atoms with Crippen LogP contribution in [0.1, 0.15) is 81.4 Å². The fraction of sp³-hybridized carbons (Fsp3) is 0.765. The van der Waals surface area contributed by atoms with Crippen LogP contribution in [-0.4, -0.2) is 27.8 Å². The zero-order valence-electron chi connectivity index (χ0n) is 14.0. The SMILES string of the molecule is CC(C)(C)n1nc(C(=O)NC2(CN)CCCC2)cc1C1CC1. The van der Waals surface area contributed by atoms with Gasteiger partial charge in [0.2, 0.25) is 0 Å². The van der Waals surface area contributed by atoms with Crippen LogP contribution in [0.15, 0.2) is 6.07 Å². The van der Waals surface area contributed by atoms with Crippen LogP contribution in [0, 0.1) is 0 Å². The molecule has 1 amide bonds. The van der Waals surface area contributed by atoms with Gasteiger partial charge in [0.25, 0.3) is 5.91 Å². The molecule has 2 fully saturated rings. The Morgan fingerprint density at radius 2 is 2.05 bits per heavy atom. The Labute approximate surface area is 132 Å². The lowest BCUT2D eigenvalue weighted by Gasteiger charge is -2.28. The molecule has 1 aromatic heterocycles. The molecule has 2 aliphatic carbocycles. The van der Waals surface area contributed by atoms with Crippen molar-refractivity contribution in [1.82, 2.24) is 15.1 Å². The van der Waals surface area contributed by atoms with E-state index in [0.29, 0.717) is 18.2 Å². The summed E-state index contributed by atoms with van der Waals surface area (Å²) >= 11 is 0. The van der Waals surface area contributed by atoms with Crippen molar-refractivity contribution < 1.29 is 4.79 Å². The topological polar surface area (TPSA) is 72.9 Å². The molecule has 0 spiro atoms. The van der Waals surface area contributed by atoms with Crippen LogP contribution in [0.2, 0.25) is 0 Å². The minimum Gasteiger partial charge on any atom is -0.344 e. The van der Waals surface area contributed by atoms with Gasteiger partial charge in [0, 0.05) is 18.2 Å². The van der Waals surface area contributed by atoms with Crippen molar-refractivity contribution in [3.63, 3.8) is 0 Å². The largest absolute Gasteiger partial charge is 0.344 e. The highest BCUT2D eigenvalue weighted by atomic mass is 16.2. The molecule has 1 heterocycles. The third kappa shape index (κ3) is 2.91. The van der Waals surface area contributed by atoms with Crippen molar-refractivity contribution in [2.24, 2.45) is 5.73 Å². The van der Waals surface area contributed by atoms with Gasteiger partial charge in [-0.15, -0.1) is 0 Å². The second-order valence-corrected chi connectivity index (χ2v) is 7.96. The summed E-state index contributed by atoms with van der Waals surface area (Å²) in [6.07, 6.45) is 6.64. The van der Waals surface area contributed by atoms with Gasteiger partial charge >= 0.3 is 0 Å². The van der Waals surface area contributed by atoms with Crippen molar-refractivity contribution in [2.45, 2.75) is 76.3 Å². The predicted octanol–water partition coefficient (Wildman–Crippen LogP) is 2.52. The minimum absolute atomic E-state index is 0.0720. The highest BCUT2D eigenvalue weighted by molar-refractivity contribution is 5.93. The molecule has 0 radical (unpaired) electrons. The van der Waals surface area contributed by atoms with Crippen LogP contribution in [0.3, 0.4) is 0 Å². The lowest BCUT2D eigenvalue weighted by Crippen LogP contribution is -2.51. The first kappa shape index (κ1) is 15.5. The standard InChI is InChI=1S/C17H28N4O/c1-16(2,3)21-14(12-6-7-12)10-13(20-21)15(22)19-17(11-18)8-4-5-9-17/h10,12H,4-9,11,18H2,1-3H3,(H,19,22). The molecule has 5 nitrogen and oxygen atoms in total. The molecule has 122 valence electrons. The van der Waals surface area contributed by atoms with Crippen LogP contribution in [0.5, 0.6) is 0 Å². The van der Waals surface area contributed by atoms with Gasteiger partial charge in [-0.05, 0) is 52.5 Å². The van der Waals surface area contributed by atoms with Crippen LogP contribution in [0.25, 0.3) is 0 Å². The maximum atomic E-state index is 12.7. The number of carbonyl (C=O) groups is 1. The maximum Gasteiger partial charge on any atom is 0.272 e. The van der Waals surface area contributed by atoms with Gasteiger partial charge in [0.1, 0.15) is 5.69 Å². The number of aromatic nitrogens is 2. The summed E-state index contributed by atoms with van der Waals surface area (Å²) in [5.74, 6) is 0.500. The minimum atomic E-state index is -0.220. The van der Waals surface area contributed by atoms with E-state index in [-0.39, 0.29) is 17.0 Å². The van der Waals surface area contributed by atoms with Crippen molar-refractivity contribution in [3.05, 3.63) is 17.5 Å². The summed E-state index contributed by atoms with van der Waals surface area (Å²) in [5, 5.41) is 7.78. The third-order valence-electron chi connectivity index (χ3n) is 4.93. The summed E-state index contributed by atoms with van der Waals surface area (Å²) in [6, 6.07) is 1.98. The first-order chi connectivity index (χ1) is 10.3. The Morgan fingerprint density at radius 1 is 1.41 bits per heavy atom. The molecule has 3 rings (SSSR count). The van der Waals surface area contributed by atoms with Gasteiger partial charge in [-0.3, -0.25) is 9.48 Å². The predicted molar refractivity (Wildman–Crippen MR) is 86.9 cm³/mol. The van der Waals surface area contributed by atoms with Gasteiger partial charge in [0.05, 0.1) is 11.1 Å². The number of amides is 1. The smallest absolute Gasteiger partial charge is 0.272 e. The van der Waals surface area contributed by atoms with E-state index in [9.17, 15) is 4.79 Å². The summed E-state index contributed by atoms with van der Waals surface area (Å²) in [5.41, 5.74) is 7.33. The monoisotopic (exact) mass is 304 g/mol. The first-order valence-electron chi connectivity index (χ1n) is 8.48. The molecule has 2 aliphatic rings. The maximum absolute atomic E-state index is 12.7. The lowest BCUT2D eigenvalue weighted by molar-refractivity contribution is 0.0896. The first-order valence-corrected chi connectivity index (χ1v) is 8.48. The van der Waals surface area contributed by atoms with Crippen molar-refractivity contribution in [1.29, 1.82) is 0 Å². The van der Waals surface area contributed by atoms with Crippen LogP contribution < -0.4 is 11.1 Å². The van der Waals surface area contributed by atoms with Gasteiger partial charge in [-0.1, -0.05) is 12.8 Å². The highest BCUT2D eigenvalue weighted by Crippen LogP contribution is 2.41. The summed E-state index contributed by atoms with van der Waals surface area (Å²) in [7, 11) is 0. The number of rotatable bonds is 4. The van der Waals surface area contributed by atoms with E-state index in [2.05, 4.69) is 31.2 Å². The van der Waals surface area contributed by atoms with E-state index in [4.69, 9.17) is 5.73 Å². The molecule has 0 bridgehead atoms. The van der Waals surface area contributed by atoms with Crippen molar-refractivity contribution in [2.75, 3.05) is 6.54 Å². The number of nitrogens with zero attached hydrogens (tertiary/aromatic N) is 2. The number of carbonyl (C=O) groups excluding carboxylic acids is 1. The van der Waals surface area contributed by atoms with Crippen LogP contribution >= 0.6 is 0 Å². The molecule has 2 saturated carbocycles. The van der Waals surface area contributed by atoms with Gasteiger partial charge in [-0.2, -0.15) is 5.10 Å². The molecule has 1 aromatic rings. The summed E-state index contributed by atoms with van der Waals surface area (Å²) in [4.78, 5) is 12.7. The molecule has 0 atom stereocenters. The molecule has 0 aliphatic heterocycles. The number of hydrogen-bond acceptors (Lipinski definition) is 3. The van der Waals surface area contributed by atoms with Gasteiger partial charge < -0.3 is 11.1 Å². The van der Waals surface area contributed by atoms with E-state index in [1.54, 1.807) is 0 Å². The third-order valence-corrected chi connectivity index (χ3v) is 4.93. The van der Waals surface area contributed by atoms with E-state index >= 15 is 0 Å². The Bertz CT molecular complexity index is 560. The number of nitrogens with one attached hydrogen (secondary N) is 1. The second-order valence-electron chi connectivity index (χ2n) is 7.96. The average molecular weight is 304 g/mol. The Balaban J connectivity index is 1.83. The Morgan fingerprint density at radius 3 is 2.55 bits per heavy atom. The fourth-order valence-corrected chi connectivity index (χ4v) is 3.45. The van der Waals surface area contributed by atoms with Crippen LogP contribution in [-0.2, 0) is 5.54 Å². The molecule has 3 N–H and O–H groups in total. The molecular weight excluding hydrogens is 276 g/mol. The zero-order valence-corrected chi connectivity index (χ0v) is 14.0. The number of hydrogen-bond donors (Lipinski definition) is 2. The molecular formula is C17H28N4O. The van der Waals surface area contributed by atoms with Gasteiger partial charge in [0.15, 0.2) is 0 Å². The quantitative estimate of drug-likeness (QED) is 0.897. The van der Waals surface area contributed by atoms with E-state index in [1.807, 2.05) is 10.7 Å². The highest BCUT2D eigenvalue weighted by Gasteiger charge is 2.36. The molecule has 22 heavy (non-hydrogen) atoms. The molecule has 0 unspecified atom stereocenters. The Hall–Kier alpha value is -1.36. The zero-order chi connectivity index (χ0) is 16.0. The van der Waals surface area contributed by atoms with E-state index < -0.39 is 0 Å². The molecule has 0 saturated heterocycles. The summed E-state index contributed by atoms with van der Waals surface area (Å²) in [6.45, 7) is 6.90. The van der Waals surface area contributed by atoms with E-state index in [1.165, 1.54) is 18.5 Å². The van der Waals surface area contributed by atoms with E-state index in [0.717, 1.165) is 25.7 Å². The normalized spacial score (nSPS) is 21.1. The van der Waals surface area contributed by atoms with Crippen molar-refractivity contribution >= 4 is 5.91 Å². The summed E-state index contributed by atoms with van der Waals surface area (Å²) < 4.78 is 2.03. The fourth-order valence-electron chi connectivity index (χ4n) is 3.45. The lowest BCUT2D eigenvalue weighted by atomic mass is 9.97. The van der Waals surface area contributed by atoms with Crippen molar-refractivity contribution in [3.8, 4) is 0 Å². The Kier molecular flexibility index (Phi) is 3.79. The average Bonchev–Trinajstić information content (AvgIpc) is 3.02. The van der Waals surface area contributed by atoms with Gasteiger partial charge in [-0.25, -0.2) is 0 Å². The van der Waals surface area contributed by atoms with Crippen LogP contribution in [0.4, 0.5) is 0 Å².